The average Bonchev–Trinajstić information content (AvgIpc) is 2.86. The van der Waals surface area contributed by atoms with Crippen molar-refractivity contribution in [2.24, 2.45) is 4.99 Å². The summed E-state index contributed by atoms with van der Waals surface area (Å²) in [5.41, 5.74) is 1.19. The second-order valence-corrected chi connectivity index (χ2v) is 7.94. The Balaban J connectivity index is 1.84. The van der Waals surface area contributed by atoms with E-state index in [1.807, 2.05) is 30.5 Å². The first-order valence-corrected chi connectivity index (χ1v) is 10.3. The number of fused-ring (bicyclic) bond motifs is 1. The maximum atomic E-state index is 12.4. The fourth-order valence-electron chi connectivity index (χ4n) is 2.47. The van der Waals surface area contributed by atoms with Crippen molar-refractivity contribution in [2.45, 2.75) is 22.8 Å². The number of hydrogen-bond donors (Lipinski definition) is 2. The van der Waals surface area contributed by atoms with E-state index in [0.717, 1.165) is 4.90 Å². The molecule has 0 saturated heterocycles. The molecule has 0 bridgehead atoms. The Bertz CT molecular complexity index is 955. The summed E-state index contributed by atoms with van der Waals surface area (Å²) >= 11 is 1.53. The van der Waals surface area contributed by atoms with Crippen molar-refractivity contribution in [1.82, 2.24) is 4.72 Å². The van der Waals surface area contributed by atoms with Gasteiger partial charge in [0.1, 0.15) is 11.9 Å². The highest BCUT2D eigenvalue weighted by Crippen LogP contribution is 2.25. The number of thioether (sulfide) groups is 1. The van der Waals surface area contributed by atoms with Crippen LogP contribution in [0, 0.1) is 0 Å². The van der Waals surface area contributed by atoms with Crippen molar-refractivity contribution in [3.63, 3.8) is 0 Å². The van der Waals surface area contributed by atoms with Crippen LogP contribution < -0.4 is 10.0 Å². The van der Waals surface area contributed by atoms with Gasteiger partial charge < -0.3 is 5.32 Å². The SMILES string of the molecule is CSc1ccccc1NC(=O)[C@H](C)N=C1NS(=O)(=O)c2ccccc21. The van der Waals surface area contributed by atoms with Crippen LogP contribution in [0.2, 0.25) is 0 Å². The summed E-state index contributed by atoms with van der Waals surface area (Å²) in [6, 6.07) is 13.3. The van der Waals surface area contributed by atoms with Gasteiger partial charge in [-0.3, -0.25) is 14.5 Å². The molecule has 3 rings (SSSR count). The number of carbonyl (C=O) groups excluding carboxylic acids is 1. The highest BCUT2D eigenvalue weighted by Gasteiger charge is 2.31. The average molecular weight is 375 g/mol. The maximum Gasteiger partial charge on any atom is 0.263 e. The third-order valence-electron chi connectivity index (χ3n) is 3.73. The second kappa shape index (κ2) is 6.89. The van der Waals surface area contributed by atoms with Crippen LogP contribution in [0.15, 0.2) is 63.3 Å². The van der Waals surface area contributed by atoms with Crippen molar-refractivity contribution < 1.29 is 13.2 Å². The van der Waals surface area contributed by atoms with Crippen LogP contribution in [0.5, 0.6) is 0 Å². The van der Waals surface area contributed by atoms with E-state index in [1.165, 1.54) is 17.8 Å². The molecule has 25 heavy (non-hydrogen) atoms. The van der Waals surface area contributed by atoms with Crippen LogP contribution >= 0.6 is 11.8 Å². The van der Waals surface area contributed by atoms with Crippen LogP contribution in [0.25, 0.3) is 0 Å². The topological polar surface area (TPSA) is 87.6 Å². The number of nitrogens with zero attached hydrogens (tertiary/aromatic N) is 1. The van der Waals surface area contributed by atoms with Crippen molar-refractivity contribution >= 4 is 39.2 Å². The molecule has 0 radical (unpaired) electrons. The normalized spacial score (nSPS) is 17.6. The Morgan fingerprint density at radius 3 is 2.60 bits per heavy atom. The fraction of sp³-hybridized carbons (Fsp3) is 0.176. The number of carbonyl (C=O) groups is 1. The zero-order chi connectivity index (χ0) is 18.0. The molecular formula is C17H17N3O3S2. The van der Waals surface area contributed by atoms with Crippen LogP contribution in [0.3, 0.4) is 0 Å². The van der Waals surface area contributed by atoms with Gasteiger partial charge in [0, 0.05) is 10.5 Å². The van der Waals surface area contributed by atoms with E-state index < -0.39 is 16.1 Å². The molecule has 6 nitrogen and oxygen atoms in total. The standard InChI is InChI=1S/C17H17N3O3S2/c1-11(17(21)19-13-8-4-5-9-14(13)24-2)18-16-12-7-3-6-10-15(12)25(22,23)20-16/h3-11H,1-2H3,(H,18,20)(H,19,21)/t11-/m0/s1. The molecular weight excluding hydrogens is 358 g/mol. The Labute approximate surface area is 150 Å². The lowest BCUT2D eigenvalue weighted by molar-refractivity contribution is -0.117. The molecule has 2 aromatic carbocycles. The van der Waals surface area contributed by atoms with E-state index in [-0.39, 0.29) is 16.6 Å². The monoisotopic (exact) mass is 375 g/mol. The molecule has 0 aliphatic carbocycles. The molecule has 1 atom stereocenters. The largest absolute Gasteiger partial charge is 0.323 e. The number of nitrogens with one attached hydrogen (secondary N) is 2. The van der Waals surface area contributed by atoms with E-state index in [0.29, 0.717) is 11.3 Å². The summed E-state index contributed by atoms with van der Waals surface area (Å²) in [5, 5.41) is 2.84. The van der Waals surface area contributed by atoms with Gasteiger partial charge in [0.05, 0.1) is 10.6 Å². The third kappa shape index (κ3) is 3.54. The summed E-state index contributed by atoms with van der Waals surface area (Å²) < 4.78 is 26.6. The summed E-state index contributed by atoms with van der Waals surface area (Å²) in [6.07, 6.45) is 1.93. The highest BCUT2D eigenvalue weighted by atomic mass is 32.2. The predicted octanol–water partition coefficient (Wildman–Crippen LogP) is 2.47. The third-order valence-corrected chi connectivity index (χ3v) is 5.92. The molecule has 0 saturated carbocycles. The van der Waals surface area contributed by atoms with Gasteiger partial charge in [-0.2, -0.15) is 0 Å². The predicted molar refractivity (Wildman–Crippen MR) is 99.6 cm³/mol. The number of amides is 1. The number of para-hydroxylation sites is 1. The molecule has 2 N–H and O–H groups in total. The Hall–Kier alpha value is -2.32. The Kier molecular flexibility index (Phi) is 4.82. The number of rotatable bonds is 4. The van der Waals surface area contributed by atoms with Gasteiger partial charge in [0.15, 0.2) is 0 Å². The van der Waals surface area contributed by atoms with Crippen molar-refractivity contribution in [3.05, 3.63) is 54.1 Å². The minimum absolute atomic E-state index is 0.175. The number of benzene rings is 2. The molecule has 0 spiro atoms. The van der Waals surface area contributed by atoms with Gasteiger partial charge in [-0.15, -0.1) is 11.8 Å². The molecule has 1 amide bonds. The zero-order valence-electron chi connectivity index (χ0n) is 13.7. The molecule has 1 heterocycles. The van der Waals surface area contributed by atoms with Crippen LogP contribution in [0.1, 0.15) is 12.5 Å². The summed E-state index contributed by atoms with van der Waals surface area (Å²) in [6.45, 7) is 1.62. The summed E-state index contributed by atoms with van der Waals surface area (Å²) in [5.74, 6) is -0.117. The van der Waals surface area contributed by atoms with E-state index in [2.05, 4.69) is 15.0 Å². The van der Waals surface area contributed by atoms with E-state index in [4.69, 9.17) is 0 Å². The van der Waals surface area contributed by atoms with Gasteiger partial charge >= 0.3 is 0 Å². The van der Waals surface area contributed by atoms with Crippen molar-refractivity contribution in [3.8, 4) is 0 Å². The van der Waals surface area contributed by atoms with E-state index in [1.54, 1.807) is 25.1 Å². The van der Waals surface area contributed by atoms with E-state index in [9.17, 15) is 13.2 Å². The highest BCUT2D eigenvalue weighted by molar-refractivity contribution is 7.98. The quantitative estimate of drug-likeness (QED) is 0.804. The fourth-order valence-corrected chi connectivity index (χ4v) is 4.26. The van der Waals surface area contributed by atoms with Gasteiger partial charge in [-0.25, -0.2) is 8.42 Å². The van der Waals surface area contributed by atoms with Crippen molar-refractivity contribution in [1.29, 1.82) is 0 Å². The van der Waals surface area contributed by atoms with Crippen LogP contribution in [-0.2, 0) is 14.8 Å². The van der Waals surface area contributed by atoms with Crippen molar-refractivity contribution in [2.75, 3.05) is 11.6 Å². The van der Waals surface area contributed by atoms with Crippen LogP contribution in [-0.4, -0.2) is 32.5 Å². The molecule has 130 valence electrons. The first-order valence-electron chi connectivity index (χ1n) is 7.56. The van der Waals surface area contributed by atoms with E-state index >= 15 is 0 Å². The first kappa shape index (κ1) is 17.5. The zero-order valence-corrected chi connectivity index (χ0v) is 15.3. The molecule has 2 aromatic rings. The first-order chi connectivity index (χ1) is 11.9. The number of hydrogen-bond acceptors (Lipinski definition) is 5. The van der Waals surface area contributed by atoms with Crippen LogP contribution in [0.4, 0.5) is 5.69 Å². The summed E-state index contributed by atoms with van der Waals surface area (Å²) in [7, 11) is -3.61. The molecule has 1 aliphatic rings. The lowest BCUT2D eigenvalue weighted by Gasteiger charge is -2.12. The van der Waals surface area contributed by atoms with Gasteiger partial charge in [0.25, 0.3) is 10.0 Å². The lowest BCUT2D eigenvalue weighted by Crippen LogP contribution is -2.29. The maximum absolute atomic E-state index is 12.4. The molecule has 1 aliphatic heterocycles. The van der Waals surface area contributed by atoms with Gasteiger partial charge in [-0.05, 0) is 37.4 Å². The van der Waals surface area contributed by atoms with Gasteiger partial charge in [0.2, 0.25) is 5.91 Å². The minimum Gasteiger partial charge on any atom is -0.323 e. The molecule has 0 fully saturated rings. The number of amidine groups is 1. The summed E-state index contributed by atoms with van der Waals surface area (Å²) in [4.78, 5) is 17.8. The lowest BCUT2D eigenvalue weighted by atomic mass is 10.2. The Morgan fingerprint density at radius 1 is 1.16 bits per heavy atom. The Morgan fingerprint density at radius 2 is 1.84 bits per heavy atom. The molecule has 8 heteroatoms. The minimum atomic E-state index is -3.61. The smallest absolute Gasteiger partial charge is 0.263 e. The number of sulfonamides is 1. The second-order valence-electron chi connectivity index (χ2n) is 5.44. The molecule has 0 aromatic heterocycles. The number of anilines is 1. The molecule has 0 unspecified atom stereocenters. The van der Waals surface area contributed by atoms with Gasteiger partial charge in [-0.1, -0.05) is 24.3 Å². The number of aliphatic imine (C=N–C) groups is 1.